The zero-order chi connectivity index (χ0) is 13.0. The van der Waals surface area contributed by atoms with Gasteiger partial charge in [0.25, 0.3) is 0 Å². The van der Waals surface area contributed by atoms with Crippen LogP contribution in [-0.2, 0) is 0 Å². The minimum atomic E-state index is -3.14. The number of alkyl halides is 2. The molecular formula is C10H11F3O3S. The largest absolute Gasteiger partial charge is 0.434 e. The molecule has 1 aromatic rings. The maximum absolute atomic E-state index is 12.9. The van der Waals surface area contributed by atoms with Gasteiger partial charge in [-0.25, -0.2) is 4.39 Å². The van der Waals surface area contributed by atoms with Crippen LogP contribution in [0.15, 0.2) is 18.2 Å². The van der Waals surface area contributed by atoms with Crippen LogP contribution in [0.3, 0.4) is 0 Å². The van der Waals surface area contributed by atoms with E-state index in [1.54, 1.807) is 0 Å². The quantitative estimate of drug-likeness (QED) is 0.713. The predicted molar refractivity (Wildman–Crippen MR) is 57.9 cm³/mol. The number of ether oxygens (including phenoxy) is 1. The van der Waals surface area contributed by atoms with Gasteiger partial charge in [-0.05, 0) is 12.1 Å². The lowest BCUT2D eigenvalue weighted by atomic mass is 10.0. The Balaban J connectivity index is 3.04. The highest BCUT2D eigenvalue weighted by Gasteiger charge is 2.22. The van der Waals surface area contributed by atoms with Crippen LogP contribution in [0.25, 0.3) is 0 Å². The SMILES string of the molecule is OC(CS)C(O)c1ccc(F)cc1OC(F)F. The molecule has 96 valence electrons. The van der Waals surface area contributed by atoms with Gasteiger partial charge in [-0.15, -0.1) is 0 Å². The van der Waals surface area contributed by atoms with Crippen molar-refractivity contribution in [2.75, 3.05) is 5.75 Å². The number of hydrogen-bond acceptors (Lipinski definition) is 4. The van der Waals surface area contributed by atoms with E-state index in [0.717, 1.165) is 18.2 Å². The molecule has 0 saturated carbocycles. The van der Waals surface area contributed by atoms with Gasteiger partial charge < -0.3 is 14.9 Å². The lowest BCUT2D eigenvalue weighted by molar-refractivity contribution is -0.0534. The Kier molecular flexibility index (Phi) is 5.10. The molecule has 17 heavy (non-hydrogen) atoms. The van der Waals surface area contributed by atoms with Gasteiger partial charge >= 0.3 is 6.61 Å². The van der Waals surface area contributed by atoms with Crippen molar-refractivity contribution in [2.24, 2.45) is 0 Å². The van der Waals surface area contributed by atoms with Crippen LogP contribution in [0.4, 0.5) is 13.2 Å². The number of rotatable bonds is 5. The van der Waals surface area contributed by atoms with Crippen LogP contribution in [-0.4, -0.2) is 28.7 Å². The molecule has 1 aromatic carbocycles. The molecular weight excluding hydrogens is 257 g/mol. The second-order valence-corrected chi connectivity index (χ2v) is 3.62. The minimum Gasteiger partial charge on any atom is -0.434 e. The molecule has 1 rings (SSSR count). The van der Waals surface area contributed by atoms with Crippen LogP contribution in [0.1, 0.15) is 11.7 Å². The summed E-state index contributed by atoms with van der Waals surface area (Å²) in [5.74, 6) is -1.36. The van der Waals surface area contributed by atoms with Crippen molar-refractivity contribution in [3.05, 3.63) is 29.6 Å². The first kappa shape index (κ1) is 14.1. The van der Waals surface area contributed by atoms with E-state index in [1.807, 2.05) is 0 Å². The Hall–Kier alpha value is -0.920. The van der Waals surface area contributed by atoms with Crippen molar-refractivity contribution in [2.45, 2.75) is 18.8 Å². The molecule has 0 radical (unpaired) electrons. The second kappa shape index (κ2) is 6.13. The van der Waals surface area contributed by atoms with E-state index >= 15 is 0 Å². The average Bonchev–Trinajstić information content (AvgIpc) is 2.26. The molecule has 3 nitrogen and oxygen atoms in total. The van der Waals surface area contributed by atoms with Crippen LogP contribution < -0.4 is 4.74 Å². The number of thiol groups is 1. The number of aliphatic hydroxyl groups excluding tert-OH is 2. The number of aliphatic hydroxyl groups is 2. The molecule has 0 fully saturated rings. The Labute approximate surface area is 101 Å². The van der Waals surface area contributed by atoms with Crippen molar-refractivity contribution in [3.63, 3.8) is 0 Å². The summed E-state index contributed by atoms with van der Waals surface area (Å²) in [6.07, 6.45) is -2.73. The minimum absolute atomic E-state index is 0.0767. The van der Waals surface area contributed by atoms with E-state index in [0.29, 0.717) is 0 Å². The van der Waals surface area contributed by atoms with Crippen LogP contribution in [0.5, 0.6) is 5.75 Å². The Morgan fingerprint density at radius 1 is 1.29 bits per heavy atom. The highest BCUT2D eigenvalue weighted by Crippen LogP contribution is 2.29. The topological polar surface area (TPSA) is 49.7 Å². The van der Waals surface area contributed by atoms with Crippen LogP contribution in [0.2, 0.25) is 0 Å². The zero-order valence-electron chi connectivity index (χ0n) is 8.55. The monoisotopic (exact) mass is 268 g/mol. The van der Waals surface area contributed by atoms with E-state index in [4.69, 9.17) is 0 Å². The molecule has 0 aliphatic rings. The first-order chi connectivity index (χ1) is 7.95. The first-order valence-corrected chi connectivity index (χ1v) is 5.30. The van der Waals surface area contributed by atoms with Gasteiger partial charge in [0.1, 0.15) is 17.7 Å². The van der Waals surface area contributed by atoms with E-state index in [9.17, 15) is 23.4 Å². The molecule has 2 N–H and O–H groups in total. The van der Waals surface area contributed by atoms with E-state index < -0.39 is 30.4 Å². The Bertz CT molecular complexity index is 376. The Morgan fingerprint density at radius 3 is 2.47 bits per heavy atom. The fourth-order valence-electron chi connectivity index (χ4n) is 1.26. The molecule has 0 bridgehead atoms. The molecule has 0 aromatic heterocycles. The van der Waals surface area contributed by atoms with Gasteiger partial charge in [0.05, 0.1) is 6.10 Å². The van der Waals surface area contributed by atoms with Crippen molar-refractivity contribution in [3.8, 4) is 5.75 Å². The van der Waals surface area contributed by atoms with Gasteiger partial charge in [-0.1, -0.05) is 0 Å². The van der Waals surface area contributed by atoms with Gasteiger partial charge in [0.15, 0.2) is 0 Å². The van der Waals surface area contributed by atoms with Crippen molar-refractivity contribution in [1.82, 2.24) is 0 Å². The molecule has 0 aliphatic heterocycles. The summed E-state index contributed by atoms with van der Waals surface area (Å²) in [4.78, 5) is 0. The van der Waals surface area contributed by atoms with Crippen molar-refractivity contribution >= 4 is 12.6 Å². The molecule has 0 amide bonds. The first-order valence-electron chi connectivity index (χ1n) is 4.67. The molecule has 0 saturated heterocycles. The lowest BCUT2D eigenvalue weighted by Crippen LogP contribution is -2.21. The maximum atomic E-state index is 12.9. The van der Waals surface area contributed by atoms with Crippen molar-refractivity contribution in [1.29, 1.82) is 0 Å². The third kappa shape index (κ3) is 3.79. The van der Waals surface area contributed by atoms with Crippen LogP contribution >= 0.6 is 12.6 Å². The van der Waals surface area contributed by atoms with E-state index in [-0.39, 0.29) is 11.3 Å². The molecule has 0 aliphatic carbocycles. The third-order valence-corrected chi connectivity index (χ3v) is 2.44. The summed E-state index contributed by atoms with van der Waals surface area (Å²) in [5.41, 5.74) is -0.117. The molecule has 2 atom stereocenters. The summed E-state index contributed by atoms with van der Waals surface area (Å²) >= 11 is 3.76. The highest BCUT2D eigenvalue weighted by atomic mass is 32.1. The molecule has 2 unspecified atom stereocenters. The summed E-state index contributed by atoms with van der Waals surface area (Å²) in [5, 5.41) is 19.0. The summed E-state index contributed by atoms with van der Waals surface area (Å²) in [6.45, 7) is -3.14. The van der Waals surface area contributed by atoms with Gasteiger partial charge in [0, 0.05) is 17.4 Å². The van der Waals surface area contributed by atoms with Gasteiger partial charge in [-0.3, -0.25) is 0 Å². The Morgan fingerprint density at radius 2 is 1.94 bits per heavy atom. The summed E-state index contributed by atoms with van der Waals surface area (Å²) in [6, 6.07) is 2.77. The fourth-order valence-corrected chi connectivity index (χ4v) is 1.46. The fraction of sp³-hybridized carbons (Fsp3) is 0.400. The zero-order valence-corrected chi connectivity index (χ0v) is 9.45. The number of halogens is 3. The third-order valence-electron chi connectivity index (χ3n) is 2.06. The number of benzene rings is 1. The second-order valence-electron chi connectivity index (χ2n) is 3.26. The predicted octanol–water partition coefficient (Wildman–Crippen LogP) is 1.75. The van der Waals surface area contributed by atoms with Crippen LogP contribution in [0, 0.1) is 5.82 Å². The van der Waals surface area contributed by atoms with Gasteiger partial charge in [0.2, 0.25) is 0 Å². The molecule has 0 heterocycles. The highest BCUT2D eigenvalue weighted by molar-refractivity contribution is 7.80. The normalized spacial score (nSPS) is 14.8. The molecule has 0 spiro atoms. The summed E-state index contributed by atoms with van der Waals surface area (Å²) in [7, 11) is 0. The lowest BCUT2D eigenvalue weighted by Gasteiger charge is -2.19. The van der Waals surface area contributed by atoms with Crippen molar-refractivity contribution < 1.29 is 28.1 Å². The van der Waals surface area contributed by atoms with Gasteiger partial charge in [-0.2, -0.15) is 21.4 Å². The standard InChI is InChI=1S/C10H11F3O3S/c11-5-1-2-6(9(15)7(14)4-17)8(3-5)16-10(12)13/h1-3,7,9-10,14-15,17H,4H2. The average molecular weight is 268 g/mol. The maximum Gasteiger partial charge on any atom is 0.387 e. The van der Waals surface area contributed by atoms with E-state index in [1.165, 1.54) is 0 Å². The summed E-state index contributed by atoms with van der Waals surface area (Å²) < 4.78 is 41.1. The molecule has 7 heteroatoms. The smallest absolute Gasteiger partial charge is 0.387 e. The number of hydrogen-bond donors (Lipinski definition) is 3. The van der Waals surface area contributed by atoms with E-state index in [2.05, 4.69) is 17.4 Å².